The first-order valence-electron chi connectivity index (χ1n) is 5.61. The number of hydrogen-bond acceptors (Lipinski definition) is 4. The zero-order chi connectivity index (χ0) is 12.4. The van der Waals surface area contributed by atoms with Crippen molar-refractivity contribution in [3.63, 3.8) is 0 Å². The fourth-order valence-corrected chi connectivity index (χ4v) is 1.91. The first-order chi connectivity index (χ1) is 8.06. The minimum absolute atomic E-state index is 0.0835. The van der Waals surface area contributed by atoms with Crippen LogP contribution in [0.1, 0.15) is 28.7 Å². The minimum atomic E-state index is -0.0835. The topological polar surface area (TPSA) is 69.6 Å². The Labute approximate surface area is 101 Å². The summed E-state index contributed by atoms with van der Waals surface area (Å²) in [6.07, 6.45) is 2.57. The number of hydrogen-bond donors (Lipinski definition) is 1. The molecule has 2 aromatic rings. The summed E-state index contributed by atoms with van der Waals surface area (Å²) in [5.74, 6) is 0. The highest BCUT2D eigenvalue weighted by Crippen LogP contribution is 2.17. The highest BCUT2D eigenvalue weighted by atomic mass is 15.4. The first-order valence-corrected chi connectivity index (χ1v) is 5.61. The molecule has 90 valence electrons. The summed E-state index contributed by atoms with van der Waals surface area (Å²) in [5, 5.41) is 7.94. The molecule has 0 fully saturated rings. The molecule has 2 aromatic heterocycles. The molecular weight excluding hydrogens is 214 g/mol. The van der Waals surface area contributed by atoms with Crippen LogP contribution in [0.25, 0.3) is 0 Å². The lowest BCUT2D eigenvalue weighted by atomic mass is 10.0. The Morgan fingerprint density at radius 3 is 2.71 bits per heavy atom. The predicted molar refractivity (Wildman–Crippen MR) is 65.3 cm³/mol. The van der Waals surface area contributed by atoms with Crippen molar-refractivity contribution >= 4 is 0 Å². The van der Waals surface area contributed by atoms with Crippen molar-refractivity contribution < 1.29 is 0 Å². The first kappa shape index (κ1) is 11.7. The average Bonchev–Trinajstić information content (AvgIpc) is 2.63. The monoisotopic (exact) mass is 231 g/mol. The number of aryl methyl sites for hydroxylation is 3. The van der Waals surface area contributed by atoms with Gasteiger partial charge in [0.05, 0.1) is 5.69 Å². The summed E-state index contributed by atoms with van der Waals surface area (Å²) >= 11 is 0. The summed E-state index contributed by atoms with van der Waals surface area (Å²) in [5.41, 5.74) is 10.1. The second kappa shape index (κ2) is 4.63. The third kappa shape index (κ3) is 2.68. The fourth-order valence-electron chi connectivity index (χ4n) is 1.91. The van der Waals surface area contributed by atoms with Gasteiger partial charge in [-0.3, -0.25) is 9.67 Å². The van der Waals surface area contributed by atoms with Crippen LogP contribution >= 0.6 is 0 Å². The van der Waals surface area contributed by atoms with Crippen LogP contribution in [-0.2, 0) is 13.5 Å². The van der Waals surface area contributed by atoms with Crippen molar-refractivity contribution in [1.29, 1.82) is 0 Å². The van der Waals surface area contributed by atoms with Gasteiger partial charge in [-0.1, -0.05) is 11.3 Å². The Morgan fingerprint density at radius 1 is 1.35 bits per heavy atom. The maximum atomic E-state index is 6.17. The Balaban J connectivity index is 2.17. The van der Waals surface area contributed by atoms with Crippen LogP contribution in [0.3, 0.4) is 0 Å². The molecule has 1 atom stereocenters. The maximum absolute atomic E-state index is 6.17. The Hall–Kier alpha value is -1.75. The molecule has 0 aromatic carbocycles. The standard InChI is InChI=1S/C12H17N5/c1-8-4-5-11(9(2)14-8)12(13)6-10-7-17(3)16-15-10/h4-5,7,12H,6,13H2,1-3H3. The zero-order valence-corrected chi connectivity index (χ0v) is 10.4. The van der Waals surface area contributed by atoms with Gasteiger partial charge >= 0.3 is 0 Å². The van der Waals surface area contributed by atoms with E-state index >= 15 is 0 Å². The summed E-state index contributed by atoms with van der Waals surface area (Å²) in [7, 11) is 1.85. The lowest BCUT2D eigenvalue weighted by Crippen LogP contribution is -2.15. The van der Waals surface area contributed by atoms with E-state index in [1.54, 1.807) is 4.68 Å². The van der Waals surface area contributed by atoms with Gasteiger partial charge < -0.3 is 5.73 Å². The minimum Gasteiger partial charge on any atom is -0.324 e. The molecule has 0 radical (unpaired) electrons. The number of rotatable bonds is 3. The van der Waals surface area contributed by atoms with Crippen molar-refractivity contribution in [2.75, 3.05) is 0 Å². The molecule has 1 unspecified atom stereocenters. The fraction of sp³-hybridized carbons (Fsp3) is 0.417. The van der Waals surface area contributed by atoms with Gasteiger partial charge in [0.2, 0.25) is 0 Å². The van der Waals surface area contributed by atoms with Crippen LogP contribution in [0.4, 0.5) is 0 Å². The van der Waals surface area contributed by atoms with Crippen LogP contribution in [0.15, 0.2) is 18.3 Å². The van der Waals surface area contributed by atoms with Gasteiger partial charge in [0.1, 0.15) is 0 Å². The number of nitrogens with two attached hydrogens (primary N) is 1. The third-order valence-electron chi connectivity index (χ3n) is 2.74. The summed E-state index contributed by atoms with van der Waals surface area (Å²) in [6.45, 7) is 3.96. The molecule has 0 bridgehead atoms. The molecule has 5 nitrogen and oxygen atoms in total. The van der Waals surface area contributed by atoms with Gasteiger partial charge in [-0.25, -0.2) is 0 Å². The van der Waals surface area contributed by atoms with E-state index in [1.807, 2.05) is 39.2 Å². The molecule has 0 spiro atoms. The lowest BCUT2D eigenvalue weighted by Gasteiger charge is -2.13. The Bertz CT molecular complexity index is 517. The molecule has 0 saturated carbocycles. The molecule has 0 aliphatic rings. The van der Waals surface area contributed by atoms with E-state index in [-0.39, 0.29) is 6.04 Å². The molecular formula is C12H17N5. The lowest BCUT2D eigenvalue weighted by molar-refractivity contribution is 0.687. The van der Waals surface area contributed by atoms with Gasteiger partial charge in [-0.15, -0.1) is 5.10 Å². The second-order valence-electron chi connectivity index (χ2n) is 4.32. The van der Waals surface area contributed by atoms with Crippen LogP contribution in [0.5, 0.6) is 0 Å². The van der Waals surface area contributed by atoms with Crippen molar-refractivity contribution in [3.8, 4) is 0 Å². The third-order valence-corrected chi connectivity index (χ3v) is 2.74. The summed E-state index contributed by atoms with van der Waals surface area (Å²) in [4.78, 5) is 4.42. The van der Waals surface area contributed by atoms with E-state index in [0.29, 0.717) is 6.42 Å². The van der Waals surface area contributed by atoms with E-state index < -0.39 is 0 Å². The van der Waals surface area contributed by atoms with Crippen LogP contribution in [0, 0.1) is 13.8 Å². The van der Waals surface area contributed by atoms with E-state index in [2.05, 4.69) is 15.3 Å². The van der Waals surface area contributed by atoms with Crippen molar-refractivity contribution in [1.82, 2.24) is 20.0 Å². The predicted octanol–water partition coefficient (Wildman–Crippen LogP) is 1.07. The van der Waals surface area contributed by atoms with E-state index in [1.165, 1.54) is 0 Å². The summed E-state index contributed by atoms with van der Waals surface area (Å²) < 4.78 is 1.68. The SMILES string of the molecule is Cc1ccc(C(N)Cc2cn(C)nn2)c(C)n1. The maximum Gasteiger partial charge on any atom is 0.0845 e. The van der Waals surface area contributed by atoms with E-state index in [4.69, 9.17) is 5.73 Å². The van der Waals surface area contributed by atoms with Crippen LogP contribution in [0.2, 0.25) is 0 Å². The molecule has 2 rings (SSSR count). The zero-order valence-electron chi connectivity index (χ0n) is 10.4. The molecule has 0 aliphatic heterocycles. The van der Waals surface area contributed by atoms with Crippen molar-refractivity contribution in [2.24, 2.45) is 12.8 Å². The molecule has 0 saturated heterocycles. The highest BCUT2D eigenvalue weighted by Gasteiger charge is 2.12. The van der Waals surface area contributed by atoms with E-state index in [0.717, 1.165) is 22.6 Å². The Morgan fingerprint density at radius 2 is 2.12 bits per heavy atom. The molecule has 0 aliphatic carbocycles. The van der Waals surface area contributed by atoms with Gasteiger partial charge in [0.25, 0.3) is 0 Å². The molecule has 0 amide bonds. The number of pyridine rings is 1. The van der Waals surface area contributed by atoms with Gasteiger partial charge in [-0.2, -0.15) is 0 Å². The van der Waals surface area contributed by atoms with Gasteiger partial charge in [-0.05, 0) is 25.5 Å². The van der Waals surface area contributed by atoms with Gasteiger partial charge in [0, 0.05) is 37.1 Å². The van der Waals surface area contributed by atoms with Crippen molar-refractivity contribution in [3.05, 3.63) is 41.0 Å². The average molecular weight is 231 g/mol. The van der Waals surface area contributed by atoms with Crippen molar-refractivity contribution in [2.45, 2.75) is 26.3 Å². The quantitative estimate of drug-likeness (QED) is 0.857. The van der Waals surface area contributed by atoms with Crippen LogP contribution < -0.4 is 5.73 Å². The molecule has 2 N–H and O–H groups in total. The second-order valence-corrected chi connectivity index (χ2v) is 4.32. The molecule has 5 heteroatoms. The van der Waals surface area contributed by atoms with E-state index in [9.17, 15) is 0 Å². The normalized spacial score (nSPS) is 12.7. The smallest absolute Gasteiger partial charge is 0.0845 e. The van der Waals surface area contributed by atoms with Gasteiger partial charge in [0.15, 0.2) is 0 Å². The number of nitrogens with zero attached hydrogens (tertiary/aromatic N) is 4. The largest absolute Gasteiger partial charge is 0.324 e. The highest BCUT2D eigenvalue weighted by molar-refractivity contribution is 5.25. The Kier molecular flexibility index (Phi) is 3.19. The summed E-state index contributed by atoms with van der Waals surface area (Å²) in [6, 6.07) is 3.94. The molecule has 17 heavy (non-hydrogen) atoms. The molecule has 2 heterocycles. The number of aromatic nitrogens is 4. The van der Waals surface area contributed by atoms with Crippen LogP contribution in [-0.4, -0.2) is 20.0 Å².